The molecule has 0 spiro atoms. The topological polar surface area (TPSA) is 46.2 Å². The van der Waals surface area contributed by atoms with Crippen LogP contribution in [-0.2, 0) is 0 Å². The number of aliphatic hydroxyl groups is 1. The Kier molecular flexibility index (Phi) is 3.36. The Morgan fingerprint density at radius 3 is 2.23 bits per heavy atom. The van der Waals surface area contributed by atoms with Gasteiger partial charge in [0.25, 0.3) is 0 Å². The molecule has 78 valence electrons. The summed E-state index contributed by atoms with van der Waals surface area (Å²) in [5.41, 5.74) is 5.12. The average Bonchev–Trinajstić information content (AvgIpc) is 2.00. The Hall–Kier alpha value is -0.0800. The van der Waals surface area contributed by atoms with Crippen LogP contribution in [0.4, 0.5) is 0 Å². The predicted molar refractivity (Wildman–Crippen MR) is 55.3 cm³/mol. The molecule has 0 bridgehead atoms. The third-order valence-corrected chi connectivity index (χ3v) is 3.48. The highest BCUT2D eigenvalue weighted by Crippen LogP contribution is 2.39. The van der Waals surface area contributed by atoms with Crippen molar-refractivity contribution in [2.45, 2.75) is 45.6 Å². The van der Waals surface area contributed by atoms with Crippen LogP contribution in [0, 0.1) is 17.8 Å². The van der Waals surface area contributed by atoms with Gasteiger partial charge in [0, 0.05) is 0 Å². The Morgan fingerprint density at radius 2 is 1.85 bits per heavy atom. The van der Waals surface area contributed by atoms with Gasteiger partial charge in [-0.05, 0) is 43.6 Å². The van der Waals surface area contributed by atoms with Crippen LogP contribution in [0.1, 0.15) is 40.0 Å². The van der Waals surface area contributed by atoms with Crippen LogP contribution in [0.3, 0.4) is 0 Å². The summed E-state index contributed by atoms with van der Waals surface area (Å²) in [6.07, 6.45) is 3.10. The predicted octanol–water partition coefficient (Wildman–Crippen LogP) is 1.77. The fraction of sp³-hybridized carbons (Fsp3) is 1.00. The summed E-state index contributed by atoms with van der Waals surface area (Å²) in [7, 11) is 0. The van der Waals surface area contributed by atoms with Crippen molar-refractivity contribution in [1.82, 2.24) is 0 Å². The van der Waals surface area contributed by atoms with Crippen molar-refractivity contribution in [2.24, 2.45) is 23.5 Å². The first-order chi connectivity index (χ1) is 5.98. The van der Waals surface area contributed by atoms with Gasteiger partial charge in [-0.15, -0.1) is 0 Å². The molecule has 0 aliphatic heterocycles. The summed E-state index contributed by atoms with van der Waals surface area (Å²) in [5.74, 6) is 1.52. The molecule has 1 fully saturated rings. The highest BCUT2D eigenvalue weighted by molar-refractivity contribution is 4.91. The molecule has 1 aliphatic rings. The summed E-state index contributed by atoms with van der Waals surface area (Å²) in [4.78, 5) is 0. The van der Waals surface area contributed by atoms with Crippen molar-refractivity contribution in [3.05, 3.63) is 0 Å². The van der Waals surface area contributed by atoms with Gasteiger partial charge in [0.05, 0.1) is 5.60 Å². The standard InChI is InChI=1S/C11H23NO/c1-8-4-9(2)6-11(13,5-8)10(3)7-12/h8-10,13H,4-7,12H2,1-3H3. The molecule has 0 amide bonds. The van der Waals surface area contributed by atoms with Gasteiger partial charge in [0.15, 0.2) is 0 Å². The van der Waals surface area contributed by atoms with Gasteiger partial charge in [-0.25, -0.2) is 0 Å². The van der Waals surface area contributed by atoms with Crippen molar-refractivity contribution < 1.29 is 5.11 Å². The maximum absolute atomic E-state index is 10.4. The molecule has 0 aromatic carbocycles. The minimum atomic E-state index is -0.494. The molecule has 0 saturated heterocycles. The molecule has 0 aromatic heterocycles. The zero-order valence-electron chi connectivity index (χ0n) is 9.09. The van der Waals surface area contributed by atoms with Gasteiger partial charge < -0.3 is 10.8 Å². The van der Waals surface area contributed by atoms with E-state index in [1.165, 1.54) is 6.42 Å². The van der Waals surface area contributed by atoms with Crippen molar-refractivity contribution in [2.75, 3.05) is 6.54 Å². The van der Waals surface area contributed by atoms with Crippen LogP contribution in [-0.4, -0.2) is 17.3 Å². The summed E-state index contributed by atoms with van der Waals surface area (Å²) >= 11 is 0. The van der Waals surface area contributed by atoms with E-state index in [0.717, 1.165) is 12.8 Å². The van der Waals surface area contributed by atoms with Crippen molar-refractivity contribution in [3.8, 4) is 0 Å². The number of nitrogens with two attached hydrogens (primary N) is 1. The number of rotatable bonds is 2. The summed E-state index contributed by atoms with van der Waals surface area (Å²) < 4.78 is 0. The lowest BCUT2D eigenvalue weighted by atomic mass is 9.68. The first-order valence-corrected chi connectivity index (χ1v) is 5.40. The van der Waals surface area contributed by atoms with E-state index >= 15 is 0 Å². The highest BCUT2D eigenvalue weighted by atomic mass is 16.3. The lowest BCUT2D eigenvalue weighted by Gasteiger charge is -2.42. The molecule has 3 N–H and O–H groups in total. The molecule has 1 aliphatic carbocycles. The smallest absolute Gasteiger partial charge is 0.0690 e. The Labute approximate surface area is 81.5 Å². The van der Waals surface area contributed by atoms with Crippen LogP contribution in [0.2, 0.25) is 0 Å². The second kappa shape index (κ2) is 3.97. The molecule has 0 aromatic rings. The third-order valence-electron chi connectivity index (χ3n) is 3.48. The lowest BCUT2D eigenvalue weighted by molar-refractivity contribution is -0.0693. The van der Waals surface area contributed by atoms with E-state index in [-0.39, 0.29) is 5.92 Å². The van der Waals surface area contributed by atoms with E-state index in [1.54, 1.807) is 0 Å². The van der Waals surface area contributed by atoms with E-state index in [4.69, 9.17) is 5.73 Å². The largest absolute Gasteiger partial charge is 0.390 e. The van der Waals surface area contributed by atoms with Crippen LogP contribution >= 0.6 is 0 Å². The van der Waals surface area contributed by atoms with E-state index in [2.05, 4.69) is 20.8 Å². The lowest BCUT2D eigenvalue weighted by Crippen LogP contribution is -2.46. The average molecular weight is 185 g/mol. The molecule has 2 nitrogen and oxygen atoms in total. The first-order valence-electron chi connectivity index (χ1n) is 5.40. The SMILES string of the molecule is CC1CC(C)CC(O)(C(C)CN)C1. The van der Waals surface area contributed by atoms with Gasteiger partial charge >= 0.3 is 0 Å². The fourth-order valence-electron chi connectivity index (χ4n) is 2.77. The highest BCUT2D eigenvalue weighted by Gasteiger charge is 2.39. The van der Waals surface area contributed by atoms with Crippen molar-refractivity contribution in [3.63, 3.8) is 0 Å². The van der Waals surface area contributed by atoms with Crippen molar-refractivity contribution >= 4 is 0 Å². The van der Waals surface area contributed by atoms with Crippen LogP contribution in [0.25, 0.3) is 0 Å². The van der Waals surface area contributed by atoms with E-state index < -0.39 is 5.60 Å². The minimum Gasteiger partial charge on any atom is -0.390 e. The number of hydrogen-bond acceptors (Lipinski definition) is 2. The monoisotopic (exact) mass is 185 g/mol. The molecule has 13 heavy (non-hydrogen) atoms. The summed E-state index contributed by atoms with van der Waals surface area (Å²) in [6, 6.07) is 0. The Balaban J connectivity index is 2.66. The molecule has 2 heteroatoms. The van der Waals surface area contributed by atoms with E-state index in [9.17, 15) is 5.11 Å². The first kappa shape index (κ1) is 11.0. The van der Waals surface area contributed by atoms with Gasteiger partial charge in [-0.2, -0.15) is 0 Å². The molecule has 0 heterocycles. The quantitative estimate of drug-likeness (QED) is 0.688. The second-order valence-corrected chi connectivity index (χ2v) is 5.09. The molecule has 3 unspecified atom stereocenters. The van der Waals surface area contributed by atoms with Crippen LogP contribution in [0.15, 0.2) is 0 Å². The summed E-state index contributed by atoms with van der Waals surface area (Å²) in [6.45, 7) is 7.11. The number of hydrogen-bond donors (Lipinski definition) is 2. The van der Waals surface area contributed by atoms with E-state index in [1.807, 2.05) is 0 Å². The maximum atomic E-state index is 10.4. The molecule has 1 saturated carbocycles. The molecule has 0 radical (unpaired) electrons. The maximum Gasteiger partial charge on any atom is 0.0690 e. The molecular weight excluding hydrogens is 162 g/mol. The minimum absolute atomic E-state index is 0.234. The van der Waals surface area contributed by atoms with E-state index in [0.29, 0.717) is 18.4 Å². The molecular formula is C11H23NO. The van der Waals surface area contributed by atoms with Gasteiger partial charge in [-0.1, -0.05) is 20.8 Å². The van der Waals surface area contributed by atoms with Crippen LogP contribution in [0.5, 0.6) is 0 Å². The fourth-order valence-corrected chi connectivity index (χ4v) is 2.77. The van der Waals surface area contributed by atoms with Gasteiger partial charge in [-0.3, -0.25) is 0 Å². The Bertz CT molecular complexity index is 159. The Morgan fingerprint density at radius 1 is 1.38 bits per heavy atom. The van der Waals surface area contributed by atoms with Gasteiger partial charge in [0.1, 0.15) is 0 Å². The second-order valence-electron chi connectivity index (χ2n) is 5.09. The zero-order chi connectivity index (χ0) is 10.1. The normalized spacial score (nSPS) is 43.2. The van der Waals surface area contributed by atoms with Gasteiger partial charge in [0.2, 0.25) is 0 Å². The van der Waals surface area contributed by atoms with Crippen molar-refractivity contribution in [1.29, 1.82) is 0 Å². The molecule has 1 rings (SSSR count). The van der Waals surface area contributed by atoms with Crippen LogP contribution < -0.4 is 5.73 Å². The molecule has 3 atom stereocenters. The zero-order valence-corrected chi connectivity index (χ0v) is 9.09. The third kappa shape index (κ3) is 2.44. The summed E-state index contributed by atoms with van der Waals surface area (Å²) in [5, 5.41) is 10.4.